The van der Waals surface area contributed by atoms with Gasteiger partial charge in [-0.05, 0) is 34.7 Å². The van der Waals surface area contributed by atoms with E-state index in [4.69, 9.17) is 9.47 Å². The maximum Gasteiger partial charge on any atom is 0.407 e. The van der Waals surface area contributed by atoms with E-state index in [9.17, 15) is 28.3 Å². The van der Waals surface area contributed by atoms with Crippen molar-refractivity contribution in [3.8, 4) is 11.1 Å². The fourth-order valence-corrected chi connectivity index (χ4v) is 4.44. The quantitative estimate of drug-likeness (QED) is 0.335. The second-order valence-corrected chi connectivity index (χ2v) is 9.17. The maximum atomic E-state index is 14.5. The first-order chi connectivity index (χ1) is 18.7. The van der Waals surface area contributed by atoms with E-state index in [1.54, 1.807) is 30.3 Å². The molecule has 204 valence electrons. The molecule has 0 heterocycles. The van der Waals surface area contributed by atoms with Crippen LogP contribution in [0.25, 0.3) is 11.1 Å². The predicted molar refractivity (Wildman–Crippen MR) is 138 cm³/mol. The Morgan fingerprint density at radius 1 is 0.923 bits per heavy atom. The summed E-state index contributed by atoms with van der Waals surface area (Å²) in [6, 6.07) is 22.4. The number of alkyl halides is 2. The molecule has 0 spiro atoms. The van der Waals surface area contributed by atoms with Gasteiger partial charge in [-0.25, -0.2) is 9.59 Å². The second kappa shape index (κ2) is 12.0. The standard InChI is InChI=1S/C29H28F2N2O6/c1-18(38-15-19-9-3-2-4-10-19)25(26(34)35)33-27(36)29(30,31)17-32-28(37)39-16-24-22-13-7-5-11-20(22)21-12-6-8-14-23(21)24/h2-14,18,24-25H,15-17H2,1H3,(H,32,37)(H,33,36)(H,34,35)/t18-,25+/m1/s1. The number of carbonyl (C=O) groups is 3. The average molecular weight is 539 g/mol. The second-order valence-electron chi connectivity index (χ2n) is 9.17. The number of alkyl carbamates (subject to hydrolysis) is 1. The normalized spacial score (nSPS) is 14.0. The van der Waals surface area contributed by atoms with Gasteiger partial charge in [-0.3, -0.25) is 4.79 Å². The fraction of sp³-hybridized carbons (Fsp3) is 0.276. The lowest BCUT2D eigenvalue weighted by Gasteiger charge is -2.24. The Morgan fingerprint density at radius 3 is 2.08 bits per heavy atom. The number of ether oxygens (including phenoxy) is 2. The SMILES string of the molecule is C[C@@H](OCc1ccccc1)[C@H](NC(=O)C(F)(F)CNC(=O)OCC1c2ccccc2-c2ccccc21)C(=O)O. The van der Waals surface area contributed by atoms with Crippen molar-refractivity contribution < 1.29 is 37.7 Å². The lowest BCUT2D eigenvalue weighted by atomic mass is 9.98. The molecule has 0 fully saturated rings. The summed E-state index contributed by atoms with van der Waals surface area (Å²) in [4.78, 5) is 36.1. The van der Waals surface area contributed by atoms with E-state index in [0.29, 0.717) is 0 Å². The summed E-state index contributed by atoms with van der Waals surface area (Å²) in [5.41, 5.74) is 4.69. The van der Waals surface area contributed by atoms with Crippen molar-refractivity contribution in [3.63, 3.8) is 0 Å². The number of nitrogens with one attached hydrogen (secondary N) is 2. The number of carboxylic acid groups (broad SMARTS) is 1. The zero-order valence-corrected chi connectivity index (χ0v) is 21.1. The Bertz CT molecular complexity index is 1290. The van der Waals surface area contributed by atoms with Gasteiger partial charge >= 0.3 is 18.0 Å². The molecule has 0 saturated carbocycles. The van der Waals surface area contributed by atoms with Crippen molar-refractivity contribution in [2.24, 2.45) is 0 Å². The van der Waals surface area contributed by atoms with Crippen LogP contribution in [0.5, 0.6) is 0 Å². The van der Waals surface area contributed by atoms with Crippen molar-refractivity contribution in [2.45, 2.75) is 37.5 Å². The molecule has 0 saturated heterocycles. The topological polar surface area (TPSA) is 114 Å². The van der Waals surface area contributed by atoms with Crippen LogP contribution in [0.4, 0.5) is 13.6 Å². The Kier molecular flexibility index (Phi) is 8.55. The van der Waals surface area contributed by atoms with Crippen molar-refractivity contribution in [2.75, 3.05) is 13.2 Å². The third-order valence-corrected chi connectivity index (χ3v) is 6.51. The molecule has 1 aliphatic carbocycles. The van der Waals surface area contributed by atoms with Crippen molar-refractivity contribution in [1.29, 1.82) is 0 Å². The van der Waals surface area contributed by atoms with Crippen LogP contribution >= 0.6 is 0 Å². The average Bonchev–Trinajstić information content (AvgIpc) is 3.26. The molecule has 0 aromatic heterocycles. The van der Waals surface area contributed by atoms with Crippen LogP contribution in [0, 0.1) is 0 Å². The van der Waals surface area contributed by atoms with Gasteiger partial charge in [0.05, 0.1) is 19.3 Å². The summed E-state index contributed by atoms with van der Waals surface area (Å²) >= 11 is 0. The fourth-order valence-electron chi connectivity index (χ4n) is 4.44. The van der Waals surface area contributed by atoms with Crippen LogP contribution in [-0.4, -0.2) is 54.3 Å². The molecule has 8 nitrogen and oxygen atoms in total. The number of carboxylic acids is 1. The van der Waals surface area contributed by atoms with Gasteiger partial charge < -0.3 is 25.2 Å². The molecule has 1 aliphatic rings. The molecular weight excluding hydrogens is 510 g/mol. The molecule has 3 N–H and O–H groups in total. The van der Waals surface area contributed by atoms with E-state index in [-0.39, 0.29) is 19.1 Å². The van der Waals surface area contributed by atoms with E-state index >= 15 is 0 Å². The van der Waals surface area contributed by atoms with Crippen LogP contribution in [0.3, 0.4) is 0 Å². The van der Waals surface area contributed by atoms with Gasteiger partial charge in [0.2, 0.25) is 0 Å². The summed E-state index contributed by atoms with van der Waals surface area (Å²) in [5.74, 6) is -7.76. The first-order valence-electron chi connectivity index (χ1n) is 12.3. The molecule has 2 atom stereocenters. The lowest BCUT2D eigenvalue weighted by Crippen LogP contribution is -2.56. The number of carbonyl (C=O) groups excluding carboxylic acids is 2. The van der Waals surface area contributed by atoms with Crippen LogP contribution in [0.2, 0.25) is 0 Å². The Morgan fingerprint density at radius 2 is 1.49 bits per heavy atom. The smallest absolute Gasteiger partial charge is 0.407 e. The Balaban J connectivity index is 1.29. The summed E-state index contributed by atoms with van der Waals surface area (Å²) < 4.78 is 39.8. The first-order valence-corrected chi connectivity index (χ1v) is 12.3. The predicted octanol–water partition coefficient (Wildman–Crippen LogP) is 4.34. The third-order valence-electron chi connectivity index (χ3n) is 6.51. The van der Waals surface area contributed by atoms with Crippen LogP contribution in [-0.2, 0) is 25.7 Å². The number of benzene rings is 3. The van der Waals surface area contributed by atoms with Crippen molar-refractivity contribution in [3.05, 3.63) is 95.6 Å². The van der Waals surface area contributed by atoms with E-state index in [1.165, 1.54) is 6.92 Å². The summed E-state index contributed by atoms with van der Waals surface area (Å²) in [5, 5.41) is 13.2. The molecule has 3 aromatic rings. The molecule has 3 aromatic carbocycles. The Hall–Kier alpha value is -4.31. The number of aliphatic carboxylic acids is 1. The highest BCUT2D eigenvalue weighted by atomic mass is 19.3. The monoisotopic (exact) mass is 538 g/mol. The number of amides is 2. The molecule has 4 rings (SSSR count). The van der Waals surface area contributed by atoms with Crippen LogP contribution < -0.4 is 10.6 Å². The molecule has 0 aliphatic heterocycles. The summed E-state index contributed by atoms with van der Waals surface area (Å²) in [6.07, 6.45) is -2.24. The number of hydrogen-bond acceptors (Lipinski definition) is 5. The van der Waals surface area contributed by atoms with Gasteiger partial charge in [-0.15, -0.1) is 0 Å². The summed E-state index contributed by atoms with van der Waals surface area (Å²) in [7, 11) is 0. The van der Waals surface area contributed by atoms with Gasteiger partial charge in [0.1, 0.15) is 6.61 Å². The zero-order chi connectivity index (χ0) is 28.0. The Labute approximate surface area is 223 Å². The van der Waals surface area contributed by atoms with Crippen molar-refractivity contribution >= 4 is 18.0 Å². The third kappa shape index (κ3) is 6.58. The van der Waals surface area contributed by atoms with Crippen molar-refractivity contribution in [1.82, 2.24) is 10.6 Å². The molecule has 0 unspecified atom stereocenters. The number of halogens is 2. The summed E-state index contributed by atoms with van der Waals surface area (Å²) in [6.45, 7) is -0.0768. The van der Waals surface area contributed by atoms with Gasteiger partial charge in [-0.2, -0.15) is 8.78 Å². The molecule has 2 amide bonds. The zero-order valence-electron chi connectivity index (χ0n) is 21.1. The van der Waals surface area contributed by atoms with E-state index in [2.05, 4.69) is 0 Å². The van der Waals surface area contributed by atoms with Gasteiger partial charge in [0.25, 0.3) is 5.91 Å². The van der Waals surface area contributed by atoms with Gasteiger partial charge in [0, 0.05) is 5.92 Å². The molecule has 0 bridgehead atoms. The molecular formula is C29H28F2N2O6. The largest absolute Gasteiger partial charge is 0.480 e. The minimum Gasteiger partial charge on any atom is -0.480 e. The van der Waals surface area contributed by atoms with Crippen LogP contribution in [0.1, 0.15) is 29.5 Å². The first kappa shape index (κ1) is 27.7. The van der Waals surface area contributed by atoms with E-state index < -0.39 is 42.6 Å². The van der Waals surface area contributed by atoms with Crippen LogP contribution in [0.15, 0.2) is 78.9 Å². The number of fused-ring (bicyclic) bond motifs is 3. The molecule has 10 heteroatoms. The highest BCUT2D eigenvalue weighted by molar-refractivity contribution is 5.89. The maximum absolute atomic E-state index is 14.5. The minimum atomic E-state index is -4.10. The number of rotatable bonds is 11. The van der Waals surface area contributed by atoms with Gasteiger partial charge in [-0.1, -0.05) is 78.9 Å². The molecule has 0 radical (unpaired) electrons. The highest BCUT2D eigenvalue weighted by Gasteiger charge is 2.42. The minimum absolute atomic E-state index is 0.0292. The number of hydrogen-bond donors (Lipinski definition) is 3. The lowest BCUT2D eigenvalue weighted by molar-refractivity contribution is -0.154. The highest BCUT2D eigenvalue weighted by Crippen LogP contribution is 2.44. The van der Waals surface area contributed by atoms with Gasteiger partial charge in [0.15, 0.2) is 6.04 Å². The molecule has 39 heavy (non-hydrogen) atoms. The van der Waals surface area contributed by atoms with E-state index in [1.807, 2.05) is 59.2 Å². The van der Waals surface area contributed by atoms with E-state index in [0.717, 1.165) is 27.8 Å².